The quantitative estimate of drug-likeness (QED) is 0.302. The molecule has 0 amide bonds. The maximum absolute atomic E-state index is 12.8. The number of ketones is 1. The fraction of sp³-hybridized carbons (Fsp3) is 0.167. The van der Waals surface area contributed by atoms with Crippen molar-refractivity contribution in [3.05, 3.63) is 65.7 Å². The smallest absolute Gasteiger partial charge is 0.216 e. The number of para-hydroxylation sites is 1. The van der Waals surface area contributed by atoms with Gasteiger partial charge in [0.1, 0.15) is 0 Å². The fourth-order valence-electron chi connectivity index (χ4n) is 2.80. The van der Waals surface area contributed by atoms with Crippen LogP contribution < -0.4 is 0 Å². The van der Waals surface area contributed by atoms with Gasteiger partial charge in [-0.3, -0.25) is 4.79 Å². The summed E-state index contributed by atoms with van der Waals surface area (Å²) in [5.41, 5.74) is 2.76. The second-order valence-electron chi connectivity index (χ2n) is 5.82. The van der Waals surface area contributed by atoms with E-state index in [1.54, 1.807) is 12.1 Å². The topological polar surface area (TPSA) is 51.0 Å². The molecule has 5 heteroatoms. The van der Waals surface area contributed by atoms with E-state index in [1.165, 1.54) is 0 Å². The lowest BCUT2D eigenvalue weighted by Crippen LogP contribution is -2.36. The van der Waals surface area contributed by atoms with E-state index in [2.05, 4.69) is 27.3 Å². The normalized spacial score (nSPS) is 15.8. The van der Waals surface area contributed by atoms with Crippen molar-refractivity contribution in [2.75, 3.05) is 0 Å². The van der Waals surface area contributed by atoms with Crippen molar-refractivity contribution >= 4 is 35.8 Å². The molecule has 0 saturated heterocycles. The van der Waals surface area contributed by atoms with Crippen LogP contribution in [0.2, 0.25) is 0 Å². The highest BCUT2D eigenvalue weighted by molar-refractivity contribution is 7.75. The number of carbonyl (C=O) groups is 1. The number of benzene rings is 2. The van der Waals surface area contributed by atoms with E-state index >= 15 is 0 Å². The summed E-state index contributed by atoms with van der Waals surface area (Å²) in [4.78, 5) is 17.5. The Morgan fingerprint density at radius 3 is 2.39 bits per heavy atom. The molecule has 23 heavy (non-hydrogen) atoms. The van der Waals surface area contributed by atoms with Crippen molar-refractivity contribution in [2.45, 2.75) is 19.3 Å². The van der Waals surface area contributed by atoms with Crippen LogP contribution in [0.3, 0.4) is 0 Å². The molecule has 4 nitrogen and oxygen atoms in total. The minimum Gasteiger partial charge on any atom is -0.325 e. The van der Waals surface area contributed by atoms with E-state index in [4.69, 9.17) is 0 Å². The van der Waals surface area contributed by atoms with Gasteiger partial charge >= 0.3 is 0 Å². The van der Waals surface area contributed by atoms with E-state index in [0.717, 1.165) is 11.3 Å². The average molecular weight is 324 g/mol. The zero-order valence-electron chi connectivity index (χ0n) is 12.9. The minimum absolute atomic E-state index is 0.174. The van der Waals surface area contributed by atoms with Crippen LogP contribution in [0.5, 0.6) is 0 Å². The first-order valence-electron chi connectivity index (χ1n) is 7.23. The Kier molecular flexibility index (Phi) is 4.05. The molecule has 0 N–H and O–H groups in total. The Labute approximate surface area is 140 Å². The van der Waals surface area contributed by atoms with Crippen molar-refractivity contribution in [1.82, 2.24) is 0 Å². The SMILES string of the molecule is CC1(C)C(/C(=N/OS)C(=O)c2ccccc2)=Nc2ccccc21. The van der Waals surface area contributed by atoms with Crippen molar-refractivity contribution < 1.29 is 9.08 Å². The molecule has 2 aromatic rings. The number of oxime groups is 1. The fourth-order valence-corrected chi connectivity index (χ4v) is 2.88. The maximum Gasteiger partial charge on any atom is 0.216 e. The molecule has 3 rings (SSSR count). The Bertz CT molecular complexity index is 811. The highest BCUT2D eigenvalue weighted by atomic mass is 32.1. The molecule has 0 spiro atoms. The van der Waals surface area contributed by atoms with Gasteiger partial charge in [-0.05, 0) is 25.5 Å². The van der Waals surface area contributed by atoms with Crippen LogP contribution in [0.4, 0.5) is 5.69 Å². The molecule has 0 unspecified atom stereocenters. The van der Waals surface area contributed by atoms with Gasteiger partial charge in [0.05, 0.1) is 24.3 Å². The molecule has 116 valence electrons. The monoisotopic (exact) mass is 324 g/mol. The maximum atomic E-state index is 12.8. The summed E-state index contributed by atoms with van der Waals surface area (Å²) < 4.78 is 4.63. The van der Waals surface area contributed by atoms with Gasteiger partial charge < -0.3 is 4.28 Å². The first kappa shape index (κ1) is 15.5. The zero-order chi connectivity index (χ0) is 16.4. The number of thiol groups is 1. The molecule has 0 saturated carbocycles. The Hall–Kier alpha value is -2.40. The standard InChI is InChI=1S/C18H16N2O2S/c1-18(2)13-10-6-7-11-14(13)19-17(18)15(20-22-23)16(21)12-8-4-3-5-9-12/h3-11,23H,1-2H3/b20-15+. The van der Waals surface area contributed by atoms with Gasteiger partial charge in [-0.1, -0.05) is 53.7 Å². The van der Waals surface area contributed by atoms with Crippen LogP contribution >= 0.6 is 12.9 Å². The van der Waals surface area contributed by atoms with Gasteiger partial charge in [0.2, 0.25) is 5.78 Å². The minimum atomic E-state index is -0.438. The van der Waals surface area contributed by atoms with Crippen LogP contribution in [-0.4, -0.2) is 17.2 Å². The van der Waals surface area contributed by atoms with E-state index in [1.807, 2.05) is 56.3 Å². The second kappa shape index (κ2) is 6.01. The number of hydrogen-bond acceptors (Lipinski definition) is 5. The Balaban J connectivity index is 2.08. The number of fused-ring (bicyclic) bond motifs is 1. The van der Waals surface area contributed by atoms with Crippen molar-refractivity contribution in [3.8, 4) is 0 Å². The summed E-state index contributed by atoms with van der Waals surface area (Å²) >= 11 is 3.68. The number of hydrogen-bond donors (Lipinski definition) is 1. The van der Waals surface area contributed by atoms with Crippen LogP contribution in [0.25, 0.3) is 0 Å². The predicted octanol–water partition coefficient (Wildman–Crippen LogP) is 4.15. The first-order valence-corrected chi connectivity index (χ1v) is 7.59. The van der Waals surface area contributed by atoms with E-state index in [9.17, 15) is 4.79 Å². The lowest BCUT2D eigenvalue weighted by Gasteiger charge is -2.22. The van der Waals surface area contributed by atoms with Crippen LogP contribution in [0, 0.1) is 0 Å². The van der Waals surface area contributed by atoms with Gasteiger partial charge in [0, 0.05) is 11.0 Å². The zero-order valence-corrected chi connectivity index (χ0v) is 13.7. The third-order valence-electron chi connectivity index (χ3n) is 4.01. The predicted molar refractivity (Wildman–Crippen MR) is 94.8 cm³/mol. The summed E-state index contributed by atoms with van der Waals surface area (Å²) in [5.74, 6) is -0.237. The lowest BCUT2D eigenvalue weighted by molar-refractivity contribution is 0.106. The van der Waals surface area contributed by atoms with Gasteiger partial charge in [-0.15, -0.1) is 0 Å². The number of carbonyl (C=O) groups excluding carboxylic acids is 1. The molecule has 0 aromatic heterocycles. The second-order valence-corrected chi connectivity index (χ2v) is 5.98. The molecule has 0 aliphatic carbocycles. The average Bonchev–Trinajstić information content (AvgIpc) is 2.84. The number of nitrogens with zero attached hydrogens (tertiary/aromatic N) is 2. The van der Waals surface area contributed by atoms with E-state index in [0.29, 0.717) is 11.3 Å². The number of aliphatic imine (C=N–C) groups is 1. The molecular formula is C18H16N2O2S. The van der Waals surface area contributed by atoms with Crippen molar-refractivity contribution in [1.29, 1.82) is 0 Å². The molecule has 0 atom stereocenters. The first-order chi connectivity index (χ1) is 11.1. The highest BCUT2D eigenvalue weighted by Gasteiger charge is 2.40. The number of rotatable bonds is 4. The van der Waals surface area contributed by atoms with Gasteiger partial charge in [0.25, 0.3) is 0 Å². The third kappa shape index (κ3) is 2.68. The van der Waals surface area contributed by atoms with E-state index in [-0.39, 0.29) is 11.5 Å². The third-order valence-corrected chi connectivity index (χ3v) is 4.09. The van der Waals surface area contributed by atoms with Crippen molar-refractivity contribution in [3.63, 3.8) is 0 Å². The number of Topliss-reactive ketones (excluding diaryl/α,β-unsaturated/α-hetero) is 1. The van der Waals surface area contributed by atoms with Gasteiger partial charge in [-0.25, -0.2) is 4.99 Å². The largest absolute Gasteiger partial charge is 0.325 e. The highest BCUT2D eigenvalue weighted by Crippen LogP contribution is 2.40. The summed E-state index contributed by atoms with van der Waals surface area (Å²) in [6.07, 6.45) is 0. The molecule has 1 aliphatic heterocycles. The Morgan fingerprint density at radius 1 is 1.09 bits per heavy atom. The molecule has 0 bridgehead atoms. The molecule has 0 radical (unpaired) electrons. The van der Waals surface area contributed by atoms with Gasteiger partial charge in [0.15, 0.2) is 5.71 Å². The van der Waals surface area contributed by atoms with Crippen molar-refractivity contribution in [2.24, 2.45) is 10.1 Å². The van der Waals surface area contributed by atoms with Crippen LogP contribution in [0.15, 0.2) is 64.7 Å². The Morgan fingerprint density at radius 2 is 1.74 bits per heavy atom. The summed E-state index contributed by atoms with van der Waals surface area (Å²) in [6.45, 7) is 4.04. The molecule has 1 heterocycles. The van der Waals surface area contributed by atoms with Crippen LogP contribution in [-0.2, 0) is 9.70 Å². The summed E-state index contributed by atoms with van der Waals surface area (Å²) in [5, 5.41) is 3.86. The molecule has 1 aliphatic rings. The molecular weight excluding hydrogens is 308 g/mol. The van der Waals surface area contributed by atoms with E-state index < -0.39 is 5.41 Å². The molecule has 0 fully saturated rings. The summed E-state index contributed by atoms with van der Waals surface area (Å²) in [6, 6.07) is 16.8. The summed E-state index contributed by atoms with van der Waals surface area (Å²) in [7, 11) is 0. The lowest BCUT2D eigenvalue weighted by atomic mass is 9.78. The van der Waals surface area contributed by atoms with Crippen LogP contribution in [0.1, 0.15) is 29.8 Å². The van der Waals surface area contributed by atoms with Gasteiger partial charge in [-0.2, -0.15) is 0 Å². The molecule has 2 aromatic carbocycles.